The minimum atomic E-state index is 0.270. The summed E-state index contributed by atoms with van der Waals surface area (Å²) in [5.41, 5.74) is 2.87. The zero-order chi connectivity index (χ0) is 14.7. The summed E-state index contributed by atoms with van der Waals surface area (Å²) in [7, 11) is 1.77. The van der Waals surface area contributed by atoms with Crippen LogP contribution in [0.15, 0.2) is 30.3 Å². The quantitative estimate of drug-likeness (QED) is 0.659. The molecule has 0 bridgehead atoms. The van der Waals surface area contributed by atoms with E-state index in [1.807, 2.05) is 13.8 Å². The van der Waals surface area contributed by atoms with E-state index >= 15 is 0 Å². The fourth-order valence-corrected chi connectivity index (χ4v) is 1.93. The molecule has 0 aliphatic rings. The Morgan fingerprint density at radius 3 is 2.47 bits per heavy atom. The summed E-state index contributed by atoms with van der Waals surface area (Å²) in [5, 5.41) is 0. The molecule has 1 heteroatoms. The van der Waals surface area contributed by atoms with Crippen LogP contribution in [0, 0.1) is 12.3 Å². The molecule has 1 aromatic rings. The van der Waals surface area contributed by atoms with Crippen molar-refractivity contribution >= 4 is 6.08 Å². The van der Waals surface area contributed by atoms with Crippen LogP contribution in [0.25, 0.3) is 6.08 Å². The van der Waals surface area contributed by atoms with Gasteiger partial charge in [0.25, 0.3) is 0 Å². The van der Waals surface area contributed by atoms with Gasteiger partial charge in [0.2, 0.25) is 0 Å². The molecular formula is C18H30O. The fraction of sp³-hybridized carbons (Fsp3) is 0.556. The first kappa shape index (κ1) is 17.9. The Labute approximate surface area is 119 Å². The van der Waals surface area contributed by atoms with Crippen molar-refractivity contribution in [2.75, 3.05) is 13.7 Å². The molecule has 0 spiro atoms. The number of aryl methyl sites for hydroxylation is 1. The van der Waals surface area contributed by atoms with Gasteiger partial charge in [-0.15, -0.1) is 0 Å². The molecule has 1 nitrogen and oxygen atoms in total. The number of hydrogen-bond donors (Lipinski definition) is 0. The molecular weight excluding hydrogens is 232 g/mol. The lowest BCUT2D eigenvalue weighted by Crippen LogP contribution is -2.17. The van der Waals surface area contributed by atoms with Crippen LogP contribution in [0.4, 0.5) is 0 Å². The molecule has 0 heterocycles. The van der Waals surface area contributed by atoms with E-state index in [2.05, 4.69) is 57.2 Å². The third kappa shape index (κ3) is 8.61. The van der Waals surface area contributed by atoms with Crippen LogP contribution in [0.5, 0.6) is 0 Å². The van der Waals surface area contributed by atoms with Gasteiger partial charge in [-0.25, -0.2) is 0 Å². The van der Waals surface area contributed by atoms with Crippen LogP contribution in [-0.2, 0) is 4.74 Å². The van der Waals surface area contributed by atoms with Crippen LogP contribution in [-0.4, -0.2) is 13.7 Å². The van der Waals surface area contributed by atoms with E-state index in [4.69, 9.17) is 4.74 Å². The molecule has 0 saturated heterocycles. The average molecular weight is 262 g/mol. The molecule has 0 saturated carbocycles. The average Bonchev–Trinajstić information content (AvgIpc) is 2.37. The van der Waals surface area contributed by atoms with Gasteiger partial charge in [0, 0.05) is 7.11 Å². The molecule has 19 heavy (non-hydrogen) atoms. The van der Waals surface area contributed by atoms with E-state index in [1.165, 1.54) is 11.1 Å². The lowest BCUT2D eigenvalue weighted by Gasteiger charge is -2.22. The highest BCUT2D eigenvalue weighted by molar-refractivity contribution is 5.49. The molecule has 0 radical (unpaired) electrons. The molecule has 0 aromatic heterocycles. The molecule has 0 amide bonds. The van der Waals surface area contributed by atoms with Gasteiger partial charge < -0.3 is 4.74 Å². The van der Waals surface area contributed by atoms with Gasteiger partial charge in [0.1, 0.15) is 0 Å². The maximum Gasteiger partial charge on any atom is 0.0513 e. The summed E-state index contributed by atoms with van der Waals surface area (Å²) < 4.78 is 5.21. The van der Waals surface area contributed by atoms with Crippen molar-refractivity contribution in [3.8, 4) is 0 Å². The van der Waals surface area contributed by atoms with Crippen molar-refractivity contribution in [3.63, 3.8) is 0 Å². The van der Waals surface area contributed by atoms with E-state index in [0.717, 1.165) is 19.4 Å². The predicted molar refractivity (Wildman–Crippen MR) is 86.5 cm³/mol. The Kier molecular flexibility index (Phi) is 9.24. The van der Waals surface area contributed by atoms with Crippen molar-refractivity contribution < 1.29 is 4.74 Å². The monoisotopic (exact) mass is 262 g/mol. The van der Waals surface area contributed by atoms with Crippen molar-refractivity contribution in [1.82, 2.24) is 0 Å². The van der Waals surface area contributed by atoms with E-state index in [1.54, 1.807) is 7.11 Å². The first-order valence-electron chi connectivity index (χ1n) is 7.26. The number of ether oxygens (including phenoxy) is 1. The Bertz CT molecular complexity index is 364. The van der Waals surface area contributed by atoms with Crippen molar-refractivity contribution in [1.29, 1.82) is 0 Å². The predicted octanol–water partition coefficient (Wildman–Crippen LogP) is 5.49. The molecule has 0 aliphatic heterocycles. The smallest absolute Gasteiger partial charge is 0.0513 e. The summed E-state index contributed by atoms with van der Waals surface area (Å²) in [4.78, 5) is 0. The zero-order valence-electron chi connectivity index (χ0n) is 13.5. The second-order valence-electron chi connectivity index (χ2n) is 5.45. The highest BCUT2D eigenvalue weighted by Gasteiger charge is 2.15. The molecule has 108 valence electrons. The Balaban J connectivity index is 0.00000154. The zero-order valence-corrected chi connectivity index (χ0v) is 13.5. The number of benzene rings is 1. The topological polar surface area (TPSA) is 9.23 Å². The van der Waals surface area contributed by atoms with Crippen molar-refractivity contribution in [3.05, 3.63) is 41.5 Å². The van der Waals surface area contributed by atoms with Gasteiger partial charge in [0.15, 0.2) is 0 Å². The number of allylic oxidation sites excluding steroid dienone is 1. The Morgan fingerprint density at radius 1 is 1.21 bits per heavy atom. The largest absolute Gasteiger partial charge is 0.384 e. The second-order valence-corrected chi connectivity index (χ2v) is 5.45. The highest BCUT2D eigenvalue weighted by atomic mass is 16.5. The first-order valence-corrected chi connectivity index (χ1v) is 7.26. The van der Waals surface area contributed by atoms with Crippen LogP contribution in [0.2, 0.25) is 0 Å². The van der Waals surface area contributed by atoms with E-state index < -0.39 is 0 Å². The van der Waals surface area contributed by atoms with E-state index in [9.17, 15) is 0 Å². The number of hydrogen-bond acceptors (Lipinski definition) is 1. The maximum atomic E-state index is 5.21. The molecule has 0 atom stereocenters. The van der Waals surface area contributed by atoms with Crippen LogP contribution < -0.4 is 0 Å². The van der Waals surface area contributed by atoms with Crippen LogP contribution in [0.1, 0.15) is 51.7 Å². The van der Waals surface area contributed by atoms with Crippen molar-refractivity contribution in [2.45, 2.75) is 47.5 Å². The normalized spacial score (nSPS) is 11.3. The van der Waals surface area contributed by atoms with E-state index in [-0.39, 0.29) is 5.41 Å². The maximum absolute atomic E-state index is 5.21. The number of rotatable bonds is 6. The summed E-state index contributed by atoms with van der Waals surface area (Å²) in [5.74, 6) is 0. The van der Waals surface area contributed by atoms with Crippen LogP contribution >= 0.6 is 0 Å². The molecule has 0 N–H and O–H groups in total. The fourth-order valence-electron chi connectivity index (χ4n) is 1.93. The van der Waals surface area contributed by atoms with Gasteiger partial charge in [-0.05, 0) is 30.7 Å². The van der Waals surface area contributed by atoms with E-state index in [0.29, 0.717) is 0 Å². The SMILES string of the molecule is CC.COCC(C)(C)CC/C=C/c1cccc(C)c1. The van der Waals surface area contributed by atoms with Gasteiger partial charge in [-0.3, -0.25) is 0 Å². The minimum absolute atomic E-state index is 0.270. The molecule has 0 aliphatic carbocycles. The molecule has 0 fully saturated rings. The first-order chi connectivity index (χ1) is 9.03. The van der Waals surface area contributed by atoms with Gasteiger partial charge in [-0.2, -0.15) is 0 Å². The lowest BCUT2D eigenvalue weighted by atomic mass is 9.89. The summed E-state index contributed by atoms with van der Waals surface area (Å²) in [6, 6.07) is 8.57. The van der Waals surface area contributed by atoms with Crippen molar-refractivity contribution in [2.24, 2.45) is 5.41 Å². The minimum Gasteiger partial charge on any atom is -0.384 e. The standard InChI is InChI=1S/C16H24O.C2H6/c1-14-8-7-10-15(12-14)9-5-6-11-16(2,3)13-17-4;1-2/h5,7-10,12H,6,11,13H2,1-4H3;1-2H3/b9-5+;. The Hall–Kier alpha value is -1.08. The van der Waals surface area contributed by atoms with Gasteiger partial charge in [0.05, 0.1) is 6.61 Å². The highest BCUT2D eigenvalue weighted by Crippen LogP contribution is 2.22. The van der Waals surface area contributed by atoms with Gasteiger partial charge in [-0.1, -0.05) is 69.7 Å². The second kappa shape index (κ2) is 9.80. The Morgan fingerprint density at radius 2 is 1.89 bits per heavy atom. The number of methoxy groups -OCH3 is 1. The lowest BCUT2D eigenvalue weighted by molar-refractivity contribution is 0.0990. The summed E-state index contributed by atoms with van der Waals surface area (Å²) in [6.45, 7) is 11.4. The molecule has 0 unspecified atom stereocenters. The molecule has 1 aromatic carbocycles. The summed E-state index contributed by atoms with van der Waals surface area (Å²) >= 11 is 0. The third-order valence-electron chi connectivity index (χ3n) is 2.88. The summed E-state index contributed by atoms with van der Waals surface area (Å²) in [6.07, 6.45) is 6.72. The third-order valence-corrected chi connectivity index (χ3v) is 2.88. The van der Waals surface area contributed by atoms with Gasteiger partial charge >= 0.3 is 0 Å². The molecule has 1 rings (SSSR count). The van der Waals surface area contributed by atoms with Crippen LogP contribution in [0.3, 0.4) is 0 Å².